The van der Waals surface area contributed by atoms with Gasteiger partial charge in [-0.2, -0.15) is 0 Å². The van der Waals surface area contributed by atoms with E-state index >= 15 is 0 Å². The highest BCUT2D eigenvalue weighted by Crippen LogP contribution is 2.33. The van der Waals surface area contributed by atoms with E-state index in [1.807, 2.05) is 6.07 Å². The number of anilines is 1. The van der Waals surface area contributed by atoms with Crippen molar-refractivity contribution in [3.8, 4) is 11.5 Å². The van der Waals surface area contributed by atoms with Crippen LogP contribution in [0.15, 0.2) is 18.2 Å². The van der Waals surface area contributed by atoms with Crippen molar-refractivity contribution in [2.45, 2.75) is 39.5 Å². The summed E-state index contributed by atoms with van der Waals surface area (Å²) < 4.78 is 11.5. The summed E-state index contributed by atoms with van der Waals surface area (Å²) in [5, 5.41) is 3.47. The van der Waals surface area contributed by atoms with Gasteiger partial charge in [0, 0.05) is 18.3 Å². The third kappa shape index (κ3) is 4.66. The number of nitrogens with one attached hydrogen (secondary N) is 1. The molecule has 2 rings (SSSR count). The van der Waals surface area contributed by atoms with Crippen LogP contribution in [0, 0.1) is 5.92 Å². The van der Waals surface area contributed by atoms with Crippen LogP contribution in [-0.4, -0.2) is 19.8 Å². The van der Waals surface area contributed by atoms with Crippen molar-refractivity contribution in [1.82, 2.24) is 0 Å². The third-order valence-corrected chi connectivity index (χ3v) is 3.16. The molecule has 3 nitrogen and oxygen atoms in total. The molecular weight excluding hydrogens is 238 g/mol. The largest absolute Gasteiger partial charge is 0.490 e. The van der Waals surface area contributed by atoms with E-state index in [1.54, 1.807) is 0 Å². The molecule has 3 heteroatoms. The quantitative estimate of drug-likeness (QED) is 0.728. The van der Waals surface area contributed by atoms with Gasteiger partial charge in [0.05, 0.1) is 13.2 Å². The Morgan fingerprint density at radius 1 is 1.05 bits per heavy atom. The topological polar surface area (TPSA) is 30.5 Å². The lowest BCUT2D eigenvalue weighted by molar-refractivity contribution is 0.268. The van der Waals surface area contributed by atoms with Gasteiger partial charge in [0.25, 0.3) is 0 Å². The average molecular weight is 263 g/mol. The molecule has 0 unspecified atom stereocenters. The second kappa shape index (κ2) is 7.27. The Bertz CT molecular complexity index is 388. The Morgan fingerprint density at radius 2 is 1.74 bits per heavy atom. The zero-order chi connectivity index (χ0) is 13.5. The molecule has 0 atom stereocenters. The van der Waals surface area contributed by atoms with Gasteiger partial charge in [-0.1, -0.05) is 13.8 Å². The van der Waals surface area contributed by atoms with Crippen LogP contribution in [0.2, 0.25) is 0 Å². The van der Waals surface area contributed by atoms with Crippen molar-refractivity contribution in [1.29, 1.82) is 0 Å². The van der Waals surface area contributed by atoms with Gasteiger partial charge in [0.2, 0.25) is 0 Å². The molecule has 1 aliphatic rings. The lowest BCUT2D eigenvalue weighted by Crippen LogP contribution is -2.05. The first-order valence-corrected chi connectivity index (χ1v) is 7.47. The van der Waals surface area contributed by atoms with Crippen molar-refractivity contribution < 1.29 is 9.47 Å². The minimum Gasteiger partial charge on any atom is -0.490 e. The summed E-state index contributed by atoms with van der Waals surface area (Å²) in [7, 11) is 0. The van der Waals surface area contributed by atoms with Gasteiger partial charge < -0.3 is 14.8 Å². The summed E-state index contributed by atoms with van der Waals surface area (Å²) in [6.45, 7) is 6.76. The summed E-state index contributed by atoms with van der Waals surface area (Å²) in [6.07, 6.45) is 4.75. The zero-order valence-corrected chi connectivity index (χ0v) is 12.1. The predicted octanol–water partition coefficient (Wildman–Crippen LogP) is 4.09. The maximum absolute atomic E-state index is 5.78. The van der Waals surface area contributed by atoms with Gasteiger partial charge in [-0.05, 0) is 43.7 Å². The van der Waals surface area contributed by atoms with Crippen LogP contribution in [0.4, 0.5) is 5.69 Å². The van der Waals surface area contributed by atoms with E-state index in [0.29, 0.717) is 0 Å². The number of hydrogen-bond donors (Lipinski definition) is 1. The fraction of sp³-hybridized carbons (Fsp3) is 0.625. The molecule has 106 valence electrons. The summed E-state index contributed by atoms with van der Waals surface area (Å²) in [5.74, 6) is 2.58. The van der Waals surface area contributed by atoms with Gasteiger partial charge in [-0.25, -0.2) is 0 Å². The van der Waals surface area contributed by atoms with Gasteiger partial charge >= 0.3 is 0 Å². The highest BCUT2D eigenvalue weighted by Gasteiger charge is 2.20. The Labute approximate surface area is 116 Å². The Morgan fingerprint density at radius 3 is 2.37 bits per heavy atom. The molecule has 0 saturated heterocycles. The lowest BCUT2D eigenvalue weighted by Gasteiger charge is -2.14. The van der Waals surface area contributed by atoms with Crippen molar-refractivity contribution in [2.75, 3.05) is 25.1 Å². The first-order valence-electron chi connectivity index (χ1n) is 7.47. The van der Waals surface area contributed by atoms with Crippen LogP contribution in [-0.2, 0) is 0 Å². The minimum atomic E-state index is 0.731. The van der Waals surface area contributed by atoms with Gasteiger partial charge in [-0.15, -0.1) is 0 Å². The second-order valence-electron chi connectivity index (χ2n) is 5.18. The number of benzene rings is 1. The van der Waals surface area contributed by atoms with Crippen LogP contribution in [0.25, 0.3) is 0 Å². The molecule has 1 aliphatic carbocycles. The van der Waals surface area contributed by atoms with Crippen molar-refractivity contribution in [3.63, 3.8) is 0 Å². The van der Waals surface area contributed by atoms with E-state index in [-0.39, 0.29) is 0 Å². The minimum absolute atomic E-state index is 0.731. The SMILES string of the molecule is CCCOc1ccc(NCC2CC2)cc1OCCC. The fourth-order valence-electron chi connectivity index (χ4n) is 1.86. The molecule has 0 aliphatic heterocycles. The molecule has 0 aromatic heterocycles. The zero-order valence-electron chi connectivity index (χ0n) is 12.1. The highest BCUT2D eigenvalue weighted by atomic mass is 16.5. The smallest absolute Gasteiger partial charge is 0.163 e. The normalized spacial score (nSPS) is 14.2. The summed E-state index contributed by atoms with van der Waals surface area (Å²) >= 11 is 0. The molecular formula is C16H25NO2. The van der Waals surface area contributed by atoms with Gasteiger partial charge in [0.15, 0.2) is 11.5 Å². The van der Waals surface area contributed by atoms with Crippen molar-refractivity contribution in [2.24, 2.45) is 5.92 Å². The fourth-order valence-corrected chi connectivity index (χ4v) is 1.86. The predicted molar refractivity (Wildman–Crippen MR) is 79.2 cm³/mol. The van der Waals surface area contributed by atoms with E-state index in [1.165, 1.54) is 12.8 Å². The maximum atomic E-state index is 5.78. The second-order valence-corrected chi connectivity index (χ2v) is 5.18. The van der Waals surface area contributed by atoms with Gasteiger partial charge in [-0.3, -0.25) is 0 Å². The van der Waals surface area contributed by atoms with Crippen molar-refractivity contribution in [3.05, 3.63) is 18.2 Å². The standard InChI is InChI=1S/C16H25NO2/c1-3-9-18-15-8-7-14(17-12-13-5-6-13)11-16(15)19-10-4-2/h7-8,11,13,17H,3-6,9-10,12H2,1-2H3. The third-order valence-electron chi connectivity index (χ3n) is 3.16. The number of rotatable bonds is 9. The Balaban J connectivity index is 1.99. The molecule has 1 aromatic carbocycles. The monoisotopic (exact) mass is 263 g/mol. The van der Waals surface area contributed by atoms with E-state index in [4.69, 9.17) is 9.47 Å². The molecule has 0 heterocycles. The molecule has 1 saturated carbocycles. The first kappa shape index (κ1) is 14.0. The summed E-state index contributed by atoms with van der Waals surface area (Å²) in [4.78, 5) is 0. The van der Waals surface area contributed by atoms with E-state index in [0.717, 1.165) is 55.7 Å². The molecule has 1 fully saturated rings. The van der Waals surface area contributed by atoms with Crippen LogP contribution in [0.5, 0.6) is 11.5 Å². The molecule has 0 radical (unpaired) electrons. The summed E-state index contributed by atoms with van der Waals surface area (Å²) in [6, 6.07) is 6.14. The molecule has 0 bridgehead atoms. The molecule has 1 N–H and O–H groups in total. The molecule has 1 aromatic rings. The molecule has 19 heavy (non-hydrogen) atoms. The molecule has 0 amide bonds. The van der Waals surface area contributed by atoms with Crippen LogP contribution in [0.1, 0.15) is 39.5 Å². The van der Waals surface area contributed by atoms with E-state index in [2.05, 4.69) is 31.3 Å². The maximum Gasteiger partial charge on any atom is 0.163 e. The molecule has 0 spiro atoms. The number of ether oxygens (including phenoxy) is 2. The van der Waals surface area contributed by atoms with Crippen LogP contribution in [0.3, 0.4) is 0 Å². The van der Waals surface area contributed by atoms with Gasteiger partial charge in [0.1, 0.15) is 0 Å². The average Bonchev–Trinajstić information content (AvgIpc) is 3.25. The van der Waals surface area contributed by atoms with E-state index < -0.39 is 0 Å². The lowest BCUT2D eigenvalue weighted by atomic mass is 10.2. The van der Waals surface area contributed by atoms with Crippen LogP contribution >= 0.6 is 0 Å². The Hall–Kier alpha value is -1.38. The Kier molecular flexibility index (Phi) is 5.37. The number of hydrogen-bond acceptors (Lipinski definition) is 3. The first-order chi connectivity index (χ1) is 9.33. The van der Waals surface area contributed by atoms with Crippen molar-refractivity contribution >= 4 is 5.69 Å². The highest BCUT2D eigenvalue weighted by molar-refractivity contribution is 5.54. The van der Waals surface area contributed by atoms with Crippen LogP contribution < -0.4 is 14.8 Å². The summed E-state index contributed by atoms with van der Waals surface area (Å²) in [5.41, 5.74) is 1.13. The van der Waals surface area contributed by atoms with E-state index in [9.17, 15) is 0 Å².